The van der Waals surface area contributed by atoms with E-state index in [1.54, 1.807) is 6.07 Å². The Balaban J connectivity index is 1.74. The van der Waals surface area contributed by atoms with Gasteiger partial charge in [-0.05, 0) is 35.7 Å². The Morgan fingerprint density at radius 3 is 2.58 bits per heavy atom. The molecule has 0 spiro atoms. The number of ether oxygens (including phenoxy) is 1. The molecule has 3 aromatic rings. The molecule has 0 amide bonds. The van der Waals surface area contributed by atoms with Gasteiger partial charge >= 0.3 is 5.97 Å². The highest BCUT2D eigenvalue weighted by atomic mass is 16.5. The molecule has 0 unspecified atom stereocenters. The average Bonchev–Trinajstić information content (AvgIpc) is 2.64. The minimum absolute atomic E-state index is 0.335. The van der Waals surface area contributed by atoms with Crippen LogP contribution in [-0.4, -0.2) is 18.9 Å². The van der Waals surface area contributed by atoms with Gasteiger partial charge in [-0.25, -0.2) is 4.99 Å². The second kappa shape index (κ2) is 6.48. The number of carbonyl (C=O) groups is 1. The SMILES string of the molecule is CC(=O)Oc1ccccc1C=CC1=Nc2cccc3cccc(c23)N1C. The first-order chi connectivity index (χ1) is 12.6. The normalized spacial score (nSPS) is 13.2. The quantitative estimate of drug-likeness (QED) is 0.499. The molecule has 0 aromatic heterocycles. The van der Waals surface area contributed by atoms with Crippen molar-refractivity contribution in [1.82, 2.24) is 0 Å². The third kappa shape index (κ3) is 2.86. The molecule has 0 aliphatic carbocycles. The summed E-state index contributed by atoms with van der Waals surface area (Å²) in [6.07, 6.45) is 3.86. The number of anilines is 1. The number of benzene rings is 3. The number of rotatable bonds is 3. The first-order valence-corrected chi connectivity index (χ1v) is 8.43. The Bertz CT molecular complexity index is 1060. The second-order valence-corrected chi connectivity index (χ2v) is 6.15. The van der Waals surface area contributed by atoms with E-state index in [1.807, 2.05) is 49.5 Å². The highest BCUT2D eigenvalue weighted by Crippen LogP contribution is 2.38. The van der Waals surface area contributed by atoms with E-state index in [0.717, 1.165) is 28.2 Å². The molecule has 128 valence electrons. The molecule has 4 rings (SSSR count). The van der Waals surface area contributed by atoms with Gasteiger partial charge in [0.25, 0.3) is 0 Å². The Morgan fingerprint density at radius 2 is 1.77 bits per heavy atom. The summed E-state index contributed by atoms with van der Waals surface area (Å²) in [6.45, 7) is 1.40. The van der Waals surface area contributed by atoms with Crippen molar-refractivity contribution in [3.05, 3.63) is 72.3 Å². The van der Waals surface area contributed by atoms with Gasteiger partial charge in [0.2, 0.25) is 0 Å². The van der Waals surface area contributed by atoms with E-state index >= 15 is 0 Å². The van der Waals surface area contributed by atoms with Crippen LogP contribution in [-0.2, 0) is 4.79 Å². The fourth-order valence-corrected chi connectivity index (χ4v) is 3.18. The molecule has 0 saturated heterocycles. The van der Waals surface area contributed by atoms with Crippen molar-refractivity contribution in [3.8, 4) is 5.75 Å². The number of amidine groups is 1. The zero-order chi connectivity index (χ0) is 18.1. The fraction of sp³-hybridized carbons (Fsp3) is 0.0909. The number of likely N-dealkylation sites (N-methyl/N-ethyl adjacent to an activating group) is 1. The topological polar surface area (TPSA) is 41.9 Å². The van der Waals surface area contributed by atoms with E-state index in [2.05, 4.69) is 29.2 Å². The number of esters is 1. The van der Waals surface area contributed by atoms with Gasteiger partial charge in [0.1, 0.15) is 11.6 Å². The van der Waals surface area contributed by atoms with E-state index < -0.39 is 0 Å². The number of hydrogen-bond donors (Lipinski definition) is 0. The summed E-state index contributed by atoms with van der Waals surface area (Å²) < 4.78 is 5.27. The zero-order valence-electron chi connectivity index (χ0n) is 14.6. The first-order valence-electron chi connectivity index (χ1n) is 8.43. The maximum atomic E-state index is 11.3. The summed E-state index contributed by atoms with van der Waals surface area (Å²) in [7, 11) is 2.01. The van der Waals surface area contributed by atoms with E-state index in [1.165, 1.54) is 12.3 Å². The lowest BCUT2D eigenvalue weighted by Crippen LogP contribution is -2.26. The van der Waals surface area contributed by atoms with Crippen LogP contribution in [0.15, 0.2) is 71.7 Å². The van der Waals surface area contributed by atoms with Gasteiger partial charge in [-0.1, -0.05) is 42.5 Å². The zero-order valence-corrected chi connectivity index (χ0v) is 14.6. The molecule has 0 bridgehead atoms. The minimum Gasteiger partial charge on any atom is -0.426 e. The third-order valence-electron chi connectivity index (χ3n) is 4.39. The number of hydrogen-bond acceptors (Lipinski definition) is 4. The predicted octanol–water partition coefficient (Wildman–Crippen LogP) is 4.96. The van der Waals surface area contributed by atoms with Gasteiger partial charge in [-0.15, -0.1) is 0 Å². The van der Waals surface area contributed by atoms with Crippen LogP contribution in [0.4, 0.5) is 11.4 Å². The molecule has 1 heterocycles. The molecular weight excluding hydrogens is 324 g/mol. The Labute approximate surface area is 152 Å². The van der Waals surface area contributed by atoms with Crippen LogP contribution >= 0.6 is 0 Å². The summed E-state index contributed by atoms with van der Waals surface area (Å²) in [5.74, 6) is 1.03. The largest absolute Gasteiger partial charge is 0.426 e. The summed E-state index contributed by atoms with van der Waals surface area (Å²) in [4.78, 5) is 18.2. The minimum atomic E-state index is -0.335. The van der Waals surface area contributed by atoms with Gasteiger partial charge in [0.05, 0.1) is 11.4 Å². The monoisotopic (exact) mass is 342 g/mol. The Morgan fingerprint density at radius 1 is 1.00 bits per heavy atom. The molecule has 26 heavy (non-hydrogen) atoms. The molecular formula is C22H18N2O2. The predicted molar refractivity (Wildman–Crippen MR) is 106 cm³/mol. The Kier molecular flexibility index (Phi) is 4.01. The van der Waals surface area contributed by atoms with Crippen molar-refractivity contribution >= 4 is 40.0 Å². The van der Waals surface area contributed by atoms with Crippen LogP contribution in [0.3, 0.4) is 0 Å². The van der Waals surface area contributed by atoms with Gasteiger partial charge in [-0.3, -0.25) is 4.79 Å². The molecule has 1 aliphatic rings. The smallest absolute Gasteiger partial charge is 0.308 e. The van der Waals surface area contributed by atoms with Crippen molar-refractivity contribution < 1.29 is 9.53 Å². The summed E-state index contributed by atoms with van der Waals surface area (Å²) >= 11 is 0. The number of carbonyl (C=O) groups excluding carboxylic acids is 1. The lowest BCUT2D eigenvalue weighted by molar-refractivity contribution is -0.131. The van der Waals surface area contributed by atoms with Crippen LogP contribution in [0.25, 0.3) is 16.8 Å². The standard InChI is InChI=1S/C22H18N2O2/c1-15(25)26-20-12-4-3-7-16(20)13-14-21-23-18-10-5-8-17-9-6-11-19(22(17)18)24(21)2/h3-14H,1-2H3. The van der Waals surface area contributed by atoms with Gasteiger partial charge < -0.3 is 9.64 Å². The molecule has 0 atom stereocenters. The van der Waals surface area contributed by atoms with E-state index in [-0.39, 0.29) is 5.97 Å². The van der Waals surface area contributed by atoms with Gasteiger partial charge in [0.15, 0.2) is 0 Å². The molecule has 4 heteroatoms. The third-order valence-corrected chi connectivity index (χ3v) is 4.39. The molecule has 0 fully saturated rings. The van der Waals surface area contributed by atoms with E-state index in [4.69, 9.17) is 9.73 Å². The highest BCUT2D eigenvalue weighted by molar-refractivity contribution is 6.18. The highest BCUT2D eigenvalue weighted by Gasteiger charge is 2.17. The average molecular weight is 342 g/mol. The van der Waals surface area contributed by atoms with Crippen molar-refractivity contribution in [2.45, 2.75) is 6.92 Å². The molecule has 1 aliphatic heterocycles. The van der Waals surface area contributed by atoms with Crippen molar-refractivity contribution in [2.24, 2.45) is 4.99 Å². The molecule has 3 aromatic carbocycles. The van der Waals surface area contributed by atoms with Crippen LogP contribution < -0.4 is 9.64 Å². The number of nitrogens with zero attached hydrogens (tertiary/aromatic N) is 2. The fourth-order valence-electron chi connectivity index (χ4n) is 3.18. The van der Waals surface area contributed by atoms with Crippen LogP contribution in [0.2, 0.25) is 0 Å². The number of aliphatic imine (C=N–C) groups is 1. The van der Waals surface area contributed by atoms with Gasteiger partial charge in [-0.2, -0.15) is 0 Å². The molecule has 0 saturated carbocycles. The van der Waals surface area contributed by atoms with Gasteiger partial charge in [0, 0.05) is 24.9 Å². The maximum absolute atomic E-state index is 11.3. The summed E-state index contributed by atoms with van der Waals surface area (Å²) in [5, 5.41) is 2.34. The summed E-state index contributed by atoms with van der Waals surface area (Å²) in [5.41, 5.74) is 2.92. The van der Waals surface area contributed by atoms with Crippen LogP contribution in [0.1, 0.15) is 12.5 Å². The van der Waals surface area contributed by atoms with Crippen molar-refractivity contribution in [2.75, 3.05) is 11.9 Å². The second-order valence-electron chi connectivity index (χ2n) is 6.15. The lowest BCUT2D eigenvalue weighted by Gasteiger charge is -2.26. The maximum Gasteiger partial charge on any atom is 0.308 e. The lowest BCUT2D eigenvalue weighted by atomic mass is 10.0. The van der Waals surface area contributed by atoms with Crippen molar-refractivity contribution in [1.29, 1.82) is 0 Å². The first kappa shape index (κ1) is 16.1. The molecule has 4 nitrogen and oxygen atoms in total. The Hall–Kier alpha value is -3.40. The molecule has 0 radical (unpaired) electrons. The van der Waals surface area contributed by atoms with Crippen molar-refractivity contribution in [3.63, 3.8) is 0 Å². The van der Waals surface area contributed by atoms with Crippen LogP contribution in [0, 0.1) is 0 Å². The van der Waals surface area contributed by atoms with Crippen LogP contribution in [0.5, 0.6) is 5.75 Å². The number of para-hydroxylation sites is 1. The van der Waals surface area contributed by atoms with E-state index in [0.29, 0.717) is 5.75 Å². The summed E-state index contributed by atoms with van der Waals surface area (Å²) in [6, 6.07) is 19.8. The van der Waals surface area contributed by atoms with E-state index in [9.17, 15) is 4.79 Å². The molecule has 0 N–H and O–H groups in total.